The van der Waals surface area contributed by atoms with Crippen molar-refractivity contribution in [3.8, 4) is 0 Å². The van der Waals surface area contributed by atoms with E-state index in [-0.39, 0.29) is 0 Å². The number of hydrogen-bond donors (Lipinski definition) is 2. The van der Waals surface area contributed by atoms with Crippen molar-refractivity contribution >= 4 is 11.6 Å². The fourth-order valence-corrected chi connectivity index (χ4v) is 2.03. The van der Waals surface area contributed by atoms with E-state index >= 15 is 0 Å². The predicted molar refractivity (Wildman–Crippen MR) is 94.7 cm³/mol. The van der Waals surface area contributed by atoms with Gasteiger partial charge in [-0.1, -0.05) is 12.1 Å². The summed E-state index contributed by atoms with van der Waals surface area (Å²) in [5, 5.41) is 6.67. The molecule has 5 nitrogen and oxygen atoms in total. The number of unbranched alkanes of at least 4 members (excludes halogenated alkanes) is 1. The van der Waals surface area contributed by atoms with Crippen LogP contribution in [0.5, 0.6) is 0 Å². The molecule has 22 heavy (non-hydrogen) atoms. The van der Waals surface area contributed by atoms with Gasteiger partial charge in [0, 0.05) is 53.1 Å². The van der Waals surface area contributed by atoms with Crippen LogP contribution in [0.25, 0.3) is 0 Å². The standard InChI is InChI=1S/C17H30N4O/c1-5-22-12-7-6-11-19-17(18-2)20-14-15-9-8-10-16(13-15)21(3)4/h8-10,13H,5-7,11-12,14H2,1-4H3,(H2,18,19,20). The quantitative estimate of drug-likeness (QED) is 0.417. The first kappa shape index (κ1) is 18.3. The summed E-state index contributed by atoms with van der Waals surface area (Å²) >= 11 is 0. The number of benzene rings is 1. The van der Waals surface area contributed by atoms with Crippen molar-refractivity contribution in [2.45, 2.75) is 26.3 Å². The minimum atomic E-state index is 0.764. The highest BCUT2D eigenvalue weighted by Crippen LogP contribution is 2.12. The molecule has 0 radical (unpaired) electrons. The van der Waals surface area contributed by atoms with Crippen LogP contribution in [-0.2, 0) is 11.3 Å². The van der Waals surface area contributed by atoms with Gasteiger partial charge in [0.05, 0.1) is 0 Å². The zero-order valence-corrected chi connectivity index (χ0v) is 14.4. The van der Waals surface area contributed by atoms with Crippen molar-refractivity contribution in [2.75, 3.05) is 45.8 Å². The van der Waals surface area contributed by atoms with Crippen molar-refractivity contribution in [2.24, 2.45) is 4.99 Å². The zero-order valence-electron chi connectivity index (χ0n) is 14.4. The highest BCUT2D eigenvalue weighted by atomic mass is 16.5. The van der Waals surface area contributed by atoms with Gasteiger partial charge in [-0.3, -0.25) is 4.99 Å². The second-order valence-corrected chi connectivity index (χ2v) is 5.32. The van der Waals surface area contributed by atoms with Crippen LogP contribution in [0, 0.1) is 0 Å². The first-order chi connectivity index (χ1) is 10.7. The van der Waals surface area contributed by atoms with Crippen LogP contribution in [0.3, 0.4) is 0 Å². The summed E-state index contributed by atoms with van der Waals surface area (Å²) < 4.78 is 5.33. The molecule has 0 aliphatic carbocycles. The molecule has 0 saturated carbocycles. The summed E-state index contributed by atoms with van der Waals surface area (Å²) in [6.45, 7) is 5.32. The Morgan fingerprint density at radius 1 is 1.23 bits per heavy atom. The molecule has 0 saturated heterocycles. The highest BCUT2D eigenvalue weighted by molar-refractivity contribution is 5.79. The van der Waals surface area contributed by atoms with Crippen molar-refractivity contribution in [3.05, 3.63) is 29.8 Å². The van der Waals surface area contributed by atoms with E-state index in [1.54, 1.807) is 7.05 Å². The number of nitrogens with zero attached hydrogens (tertiary/aromatic N) is 2. The van der Waals surface area contributed by atoms with Crippen molar-refractivity contribution in [3.63, 3.8) is 0 Å². The molecule has 0 unspecified atom stereocenters. The molecule has 0 aliphatic rings. The van der Waals surface area contributed by atoms with E-state index in [2.05, 4.69) is 58.9 Å². The van der Waals surface area contributed by atoms with Crippen LogP contribution in [0.2, 0.25) is 0 Å². The third-order valence-electron chi connectivity index (χ3n) is 3.32. The second kappa shape index (κ2) is 10.9. The fraction of sp³-hybridized carbons (Fsp3) is 0.588. The van der Waals surface area contributed by atoms with Crippen molar-refractivity contribution in [1.82, 2.24) is 10.6 Å². The molecule has 5 heteroatoms. The number of aliphatic imine (C=N–C) groups is 1. The fourth-order valence-electron chi connectivity index (χ4n) is 2.03. The third kappa shape index (κ3) is 7.31. The van der Waals surface area contributed by atoms with Crippen LogP contribution in [0.15, 0.2) is 29.3 Å². The molecule has 1 rings (SSSR count). The van der Waals surface area contributed by atoms with E-state index in [9.17, 15) is 0 Å². The SMILES string of the molecule is CCOCCCCNC(=NC)NCc1cccc(N(C)C)c1. The Labute approximate surface area is 134 Å². The summed E-state index contributed by atoms with van der Waals surface area (Å²) in [7, 11) is 5.90. The molecule has 2 N–H and O–H groups in total. The maximum atomic E-state index is 5.33. The van der Waals surface area contributed by atoms with E-state index in [0.29, 0.717) is 0 Å². The summed E-state index contributed by atoms with van der Waals surface area (Å²) in [6, 6.07) is 8.49. The Bertz CT molecular complexity index is 446. The highest BCUT2D eigenvalue weighted by Gasteiger charge is 2.00. The summed E-state index contributed by atoms with van der Waals surface area (Å²) in [6.07, 6.45) is 2.15. The molecule has 0 amide bonds. The molecule has 0 fully saturated rings. The van der Waals surface area contributed by atoms with Crippen molar-refractivity contribution < 1.29 is 4.74 Å². The number of nitrogens with one attached hydrogen (secondary N) is 2. The van der Waals surface area contributed by atoms with Gasteiger partial charge in [-0.25, -0.2) is 0 Å². The summed E-state index contributed by atoms with van der Waals surface area (Å²) in [5.74, 6) is 0.840. The molecular formula is C17H30N4O. The van der Waals surface area contributed by atoms with Crippen LogP contribution in [0.4, 0.5) is 5.69 Å². The summed E-state index contributed by atoms with van der Waals surface area (Å²) in [5.41, 5.74) is 2.45. The van der Waals surface area contributed by atoms with Gasteiger partial charge >= 0.3 is 0 Å². The Hall–Kier alpha value is -1.75. The molecule has 124 valence electrons. The molecule has 0 spiro atoms. The number of guanidine groups is 1. The smallest absolute Gasteiger partial charge is 0.191 e. The van der Waals surface area contributed by atoms with Crippen molar-refractivity contribution in [1.29, 1.82) is 0 Å². The molecule has 0 bridgehead atoms. The maximum Gasteiger partial charge on any atom is 0.191 e. The van der Waals surface area contributed by atoms with Crippen LogP contribution in [0.1, 0.15) is 25.3 Å². The van der Waals surface area contributed by atoms with Crippen LogP contribution < -0.4 is 15.5 Å². The first-order valence-corrected chi connectivity index (χ1v) is 7.96. The van der Waals surface area contributed by atoms with Gasteiger partial charge in [-0.05, 0) is 37.5 Å². The summed E-state index contributed by atoms with van der Waals surface area (Å²) in [4.78, 5) is 6.35. The molecule has 1 aromatic carbocycles. The normalized spacial score (nSPS) is 11.4. The lowest BCUT2D eigenvalue weighted by Crippen LogP contribution is -2.37. The van der Waals surface area contributed by atoms with Crippen LogP contribution >= 0.6 is 0 Å². The van der Waals surface area contributed by atoms with E-state index in [1.165, 1.54) is 11.3 Å². The zero-order chi connectivity index (χ0) is 16.2. The van der Waals surface area contributed by atoms with E-state index in [1.807, 2.05) is 6.92 Å². The second-order valence-electron chi connectivity index (χ2n) is 5.32. The average molecular weight is 306 g/mol. The molecule has 0 aromatic heterocycles. The minimum absolute atomic E-state index is 0.764. The molecule has 0 aliphatic heterocycles. The van der Waals surface area contributed by atoms with Crippen LogP contribution in [-0.4, -0.2) is 46.9 Å². The van der Waals surface area contributed by atoms with Gasteiger partial charge in [0.2, 0.25) is 0 Å². The van der Waals surface area contributed by atoms with Gasteiger partial charge in [0.15, 0.2) is 5.96 Å². The average Bonchev–Trinajstić information content (AvgIpc) is 2.53. The monoisotopic (exact) mass is 306 g/mol. The van der Waals surface area contributed by atoms with Gasteiger partial charge in [0.25, 0.3) is 0 Å². The number of rotatable bonds is 9. The molecular weight excluding hydrogens is 276 g/mol. The Morgan fingerprint density at radius 3 is 2.73 bits per heavy atom. The van der Waals surface area contributed by atoms with Gasteiger partial charge < -0.3 is 20.3 Å². The Kier molecular flexibility index (Phi) is 9.07. The number of ether oxygens (including phenoxy) is 1. The van der Waals surface area contributed by atoms with E-state index in [0.717, 1.165) is 45.1 Å². The Balaban J connectivity index is 2.30. The molecule has 1 aromatic rings. The van der Waals surface area contributed by atoms with E-state index in [4.69, 9.17) is 4.74 Å². The lowest BCUT2D eigenvalue weighted by molar-refractivity contribution is 0.143. The largest absolute Gasteiger partial charge is 0.382 e. The lowest BCUT2D eigenvalue weighted by Gasteiger charge is -2.15. The first-order valence-electron chi connectivity index (χ1n) is 7.96. The topological polar surface area (TPSA) is 48.9 Å². The number of hydrogen-bond acceptors (Lipinski definition) is 3. The third-order valence-corrected chi connectivity index (χ3v) is 3.32. The Morgan fingerprint density at radius 2 is 2.05 bits per heavy atom. The van der Waals surface area contributed by atoms with Gasteiger partial charge in [-0.15, -0.1) is 0 Å². The number of anilines is 1. The molecule has 0 atom stereocenters. The minimum Gasteiger partial charge on any atom is -0.382 e. The lowest BCUT2D eigenvalue weighted by atomic mass is 10.2. The molecule has 0 heterocycles. The van der Waals surface area contributed by atoms with Gasteiger partial charge in [-0.2, -0.15) is 0 Å². The van der Waals surface area contributed by atoms with Gasteiger partial charge in [0.1, 0.15) is 0 Å². The predicted octanol–water partition coefficient (Wildman–Crippen LogP) is 2.23. The maximum absolute atomic E-state index is 5.33. The van der Waals surface area contributed by atoms with E-state index < -0.39 is 0 Å².